The van der Waals surface area contributed by atoms with Gasteiger partial charge in [-0.3, -0.25) is 0 Å². The third-order valence-electron chi connectivity index (χ3n) is 15.1. The molecule has 0 bridgehead atoms. The summed E-state index contributed by atoms with van der Waals surface area (Å²) in [4.78, 5) is 0. The maximum Gasteiger partial charge on any atom is 0.0140 e. The van der Waals surface area contributed by atoms with Gasteiger partial charge in [-0.1, -0.05) is 249 Å². The molecule has 312 valence electrons. The number of allylic oxidation sites excluding steroid dienone is 16. The SMILES string of the molecule is C1=CC2C=CC=C(C3=c4ccccc4=C(c4ccccc4)C4C=CC(c5ccc(-c6ccc7c(c6)=C(c6cccc8ccccc68)C6C=CC=CC6C=7c6ccccc6)cc5)=CC34)C2C=C1. The van der Waals surface area contributed by atoms with Crippen molar-refractivity contribution in [1.29, 1.82) is 0 Å². The lowest BCUT2D eigenvalue weighted by Gasteiger charge is -2.38. The van der Waals surface area contributed by atoms with Gasteiger partial charge in [0.25, 0.3) is 0 Å². The summed E-state index contributed by atoms with van der Waals surface area (Å²) in [6, 6.07) is 63.5. The molecule has 0 aliphatic heterocycles. The summed E-state index contributed by atoms with van der Waals surface area (Å²) in [6.07, 6.45) is 33.1. The molecule has 0 heterocycles. The van der Waals surface area contributed by atoms with E-state index >= 15 is 0 Å². The maximum absolute atomic E-state index is 2.58. The molecule has 0 fully saturated rings. The Morgan fingerprint density at radius 3 is 1.64 bits per heavy atom. The van der Waals surface area contributed by atoms with Gasteiger partial charge in [-0.15, -0.1) is 0 Å². The number of rotatable bonds is 6. The monoisotopic (exact) mass is 840 g/mol. The van der Waals surface area contributed by atoms with E-state index in [1.807, 2.05) is 0 Å². The molecule has 0 saturated heterocycles. The normalized spacial score (nSPS) is 23.2. The highest BCUT2D eigenvalue weighted by Gasteiger charge is 2.37. The van der Waals surface area contributed by atoms with Crippen molar-refractivity contribution >= 4 is 38.6 Å². The zero-order valence-corrected chi connectivity index (χ0v) is 36.7. The van der Waals surface area contributed by atoms with Gasteiger partial charge in [-0.2, -0.15) is 0 Å². The van der Waals surface area contributed by atoms with Crippen LogP contribution >= 0.6 is 0 Å². The van der Waals surface area contributed by atoms with E-state index in [1.165, 1.54) is 98.5 Å². The van der Waals surface area contributed by atoms with Crippen molar-refractivity contribution in [1.82, 2.24) is 0 Å². The van der Waals surface area contributed by atoms with Gasteiger partial charge in [0.1, 0.15) is 0 Å². The molecule has 0 saturated carbocycles. The molecule has 7 aromatic rings. The molecule has 7 aromatic carbocycles. The van der Waals surface area contributed by atoms with Gasteiger partial charge in [0, 0.05) is 35.5 Å². The van der Waals surface area contributed by atoms with Crippen LogP contribution in [-0.4, -0.2) is 0 Å². The highest BCUT2D eigenvalue weighted by molar-refractivity contribution is 5.96. The molecule has 0 heteroatoms. The molecule has 6 atom stereocenters. The third-order valence-corrected chi connectivity index (χ3v) is 15.1. The molecule has 0 spiro atoms. The molecule has 6 unspecified atom stereocenters. The second-order valence-corrected chi connectivity index (χ2v) is 18.5. The number of hydrogen-bond donors (Lipinski definition) is 0. The van der Waals surface area contributed by atoms with Gasteiger partial charge in [-0.25, -0.2) is 0 Å². The molecule has 0 nitrogen and oxygen atoms in total. The lowest BCUT2D eigenvalue weighted by molar-refractivity contribution is 0.612. The van der Waals surface area contributed by atoms with E-state index in [4.69, 9.17) is 0 Å². The number of benzene rings is 7. The smallest absolute Gasteiger partial charge is 0.0140 e. The van der Waals surface area contributed by atoms with Crippen LogP contribution in [0.3, 0.4) is 0 Å². The van der Waals surface area contributed by atoms with Crippen LogP contribution in [0.15, 0.2) is 260 Å². The highest BCUT2D eigenvalue weighted by Crippen LogP contribution is 2.47. The van der Waals surface area contributed by atoms with E-state index in [0.717, 1.165) is 0 Å². The maximum atomic E-state index is 2.58. The average Bonchev–Trinajstić information content (AvgIpc) is 3.39. The van der Waals surface area contributed by atoms with Gasteiger partial charge < -0.3 is 0 Å². The fourth-order valence-corrected chi connectivity index (χ4v) is 12.1. The molecular formula is C66H48. The molecule has 0 amide bonds. The lowest BCUT2D eigenvalue weighted by Crippen LogP contribution is -2.41. The standard InChI is InChI=1S/C66H48/c1-3-19-47(20-4-1)63-55-27-11-13-29-57(55)65(53-31-15-23-45-17-7-9-25-51(45)53)61-41-49(37-39-59(61)63)43-33-35-44(36-34-43)50-38-40-60-62(42-50)66(54-32-16-24-46-18-8-10-26-52(46)54)58-30-14-12-28-56(58)64(60)48-21-5-2-6-22-48/h1-42,45,51,56,58-59,61H. The largest absolute Gasteiger partial charge is 0.0767 e. The molecule has 0 radical (unpaired) electrons. The molecule has 0 aromatic heterocycles. The van der Waals surface area contributed by atoms with E-state index < -0.39 is 0 Å². The zero-order chi connectivity index (χ0) is 43.6. The van der Waals surface area contributed by atoms with Gasteiger partial charge in [-0.05, 0) is 105 Å². The topological polar surface area (TPSA) is 0 Å². The average molecular weight is 841 g/mol. The van der Waals surface area contributed by atoms with Crippen molar-refractivity contribution < 1.29 is 0 Å². The van der Waals surface area contributed by atoms with Crippen molar-refractivity contribution in [2.24, 2.45) is 35.5 Å². The fourth-order valence-electron chi connectivity index (χ4n) is 12.1. The van der Waals surface area contributed by atoms with Crippen molar-refractivity contribution in [3.05, 3.63) is 304 Å². The predicted molar refractivity (Wildman–Crippen MR) is 276 cm³/mol. The first-order valence-electron chi connectivity index (χ1n) is 23.7. The lowest BCUT2D eigenvalue weighted by atomic mass is 9.65. The quantitative estimate of drug-likeness (QED) is 0.156. The van der Waals surface area contributed by atoms with Crippen LogP contribution < -0.4 is 20.9 Å². The Hall–Kier alpha value is -7.80. The van der Waals surface area contributed by atoms with Crippen molar-refractivity contribution in [2.45, 2.75) is 0 Å². The summed E-state index contributed by atoms with van der Waals surface area (Å²) in [5.74, 6) is 1.52. The van der Waals surface area contributed by atoms with Crippen LogP contribution in [0.1, 0.15) is 22.3 Å². The van der Waals surface area contributed by atoms with E-state index in [1.54, 1.807) is 0 Å². The molecule has 6 aliphatic rings. The first kappa shape index (κ1) is 38.6. The molecule has 0 N–H and O–H groups in total. The van der Waals surface area contributed by atoms with E-state index in [0.29, 0.717) is 11.8 Å². The minimum Gasteiger partial charge on any atom is -0.0767 e. The third kappa shape index (κ3) is 6.35. The minimum absolute atomic E-state index is 0.179. The van der Waals surface area contributed by atoms with Crippen molar-refractivity contribution in [2.75, 3.05) is 0 Å². The first-order valence-corrected chi connectivity index (χ1v) is 23.7. The summed E-state index contributed by atoms with van der Waals surface area (Å²) in [6.45, 7) is 0. The highest BCUT2D eigenvalue weighted by atomic mass is 14.4. The number of fused-ring (bicyclic) bond motifs is 6. The summed E-state index contributed by atoms with van der Waals surface area (Å²) in [5, 5.41) is 7.91. The summed E-state index contributed by atoms with van der Waals surface area (Å²) >= 11 is 0. The Morgan fingerprint density at radius 1 is 0.318 bits per heavy atom. The van der Waals surface area contributed by atoms with Crippen LogP contribution in [0.2, 0.25) is 0 Å². The van der Waals surface area contributed by atoms with Crippen LogP contribution in [-0.2, 0) is 0 Å². The van der Waals surface area contributed by atoms with E-state index in [-0.39, 0.29) is 23.7 Å². The summed E-state index contributed by atoms with van der Waals surface area (Å²) in [5.41, 5.74) is 16.0. The van der Waals surface area contributed by atoms with Crippen LogP contribution in [0.5, 0.6) is 0 Å². The fraction of sp³-hybridized carbons (Fsp3) is 0.0909. The van der Waals surface area contributed by atoms with E-state index in [9.17, 15) is 0 Å². The Bertz CT molecular complexity index is 3630. The van der Waals surface area contributed by atoms with Gasteiger partial charge >= 0.3 is 0 Å². The van der Waals surface area contributed by atoms with Crippen molar-refractivity contribution in [3.8, 4) is 11.1 Å². The Morgan fingerprint density at radius 2 is 0.879 bits per heavy atom. The van der Waals surface area contributed by atoms with E-state index in [2.05, 4.69) is 255 Å². The van der Waals surface area contributed by atoms with Gasteiger partial charge in [0.2, 0.25) is 0 Å². The van der Waals surface area contributed by atoms with Crippen LogP contribution in [0.4, 0.5) is 0 Å². The molecule has 66 heavy (non-hydrogen) atoms. The Kier molecular flexibility index (Phi) is 9.38. The van der Waals surface area contributed by atoms with Crippen molar-refractivity contribution in [3.63, 3.8) is 0 Å². The molecular weight excluding hydrogens is 793 g/mol. The predicted octanol–water partition coefficient (Wildman–Crippen LogP) is 12.4. The summed E-state index contributed by atoms with van der Waals surface area (Å²) < 4.78 is 0. The van der Waals surface area contributed by atoms with Crippen LogP contribution in [0, 0.1) is 35.5 Å². The molecule has 6 aliphatic carbocycles. The Balaban J connectivity index is 0.953. The Labute approximate surface area is 387 Å². The zero-order valence-electron chi connectivity index (χ0n) is 36.7. The summed E-state index contributed by atoms with van der Waals surface area (Å²) in [7, 11) is 0. The minimum atomic E-state index is 0.179. The second-order valence-electron chi connectivity index (χ2n) is 18.5. The second kappa shape index (κ2) is 16.0. The van der Waals surface area contributed by atoms with Crippen LogP contribution in [0.25, 0.3) is 49.8 Å². The van der Waals surface area contributed by atoms with Gasteiger partial charge in [0.15, 0.2) is 0 Å². The molecule has 13 rings (SSSR count). The van der Waals surface area contributed by atoms with Gasteiger partial charge in [0.05, 0.1) is 0 Å². The first-order chi connectivity index (χ1) is 32.8. The number of hydrogen-bond acceptors (Lipinski definition) is 0.